The van der Waals surface area contributed by atoms with E-state index in [1.807, 2.05) is 24.3 Å². The van der Waals surface area contributed by atoms with Crippen LogP contribution in [0.1, 0.15) is 11.7 Å². The van der Waals surface area contributed by atoms with Gasteiger partial charge in [-0.3, -0.25) is 4.98 Å². The third kappa shape index (κ3) is 1.75. The lowest BCUT2D eigenvalue weighted by Gasteiger charge is -2.12. The number of carbonyl (C=O) groups is 1. The Morgan fingerprint density at radius 1 is 1.38 bits per heavy atom. The van der Waals surface area contributed by atoms with Gasteiger partial charge in [0, 0.05) is 30.5 Å². The normalized spacial score (nSPS) is 12.6. The van der Waals surface area contributed by atoms with E-state index >= 15 is 0 Å². The summed E-state index contributed by atoms with van der Waals surface area (Å²) in [6, 6.07) is 7.50. The van der Waals surface area contributed by atoms with Gasteiger partial charge < -0.3 is 9.84 Å². The molecule has 0 spiro atoms. The molecule has 1 aromatic carbocycles. The number of aliphatic carboxylic acids is 1. The van der Waals surface area contributed by atoms with Gasteiger partial charge in [-0.15, -0.1) is 0 Å². The van der Waals surface area contributed by atoms with Crippen LogP contribution in [-0.2, 0) is 9.53 Å². The molecule has 0 bridgehead atoms. The fourth-order valence-corrected chi connectivity index (χ4v) is 1.71. The molecule has 1 heterocycles. The molecular weight excluding hydrogens is 206 g/mol. The highest BCUT2D eigenvalue weighted by atomic mass is 16.5. The van der Waals surface area contributed by atoms with Crippen molar-refractivity contribution >= 4 is 16.7 Å². The van der Waals surface area contributed by atoms with E-state index in [0.29, 0.717) is 5.56 Å². The number of hydrogen-bond donors (Lipinski definition) is 1. The van der Waals surface area contributed by atoms with Crippen molar-refractivity contribution in [3.63, 3.8) is 0 Å². The number of hydrogen-bond acceptors (Lipinski definition) is 3. The number of ether oxygens (including phenoxy) is 1. The predicted octanol–water partition coefficient (Wildman–Crippen LogP) is 2.01. The average Bonchev–Trinajstić information content (AvgIpc) is 2.30. The number of methoxy groups -OCH3 is 1. The summed E-state index contributed by atoms with van der Waals surface area (Å²) in [6.45, 7) is 0. The molecule has 0 amide bonds. The maximum atomic E-state index is 11.0. The highest BCUT2D eigenvalue weighted by Gasteiger charge is 2.21. The lowest BCUT2D eigenvalue weighted by molar-refractivity contribution is -0.148. The van der Waals surface area contributed by atoms with Crippen LogP contribution in [0.25, 0.3) is 10.8 Å². The number of carboxylic acid groups (broad SMARTS) is 1. The van der Waals surface area contributed by atoms with Crippen molar-refractivity contribution in [1.29, 1.82) is 0 Å². The van der Waals surface area contributed by atoms with Crippen molar-refractivity contribution in [3.05, 3.63) is 42.2 Å². The lowest BCUT2D eigenvalue weighted by Crippen LogP contribution is -2.14. The molecule has 2 rings (SSSR count). The first-order valence-corrected chi connectivity index (χ1v) is 4.82. The van der Waals surface area contributed by atoms with Crippen LogP contribution in [0, 0.1) is 0 Å². The van der Waals surface area contributed by atoms with Crippen LogP contribution in [0.4, 0.5) is 0 Å². The zero-order chi connectivity index (χ0) is 11.5. The molecule has 0 aliphatic rings. The molecule has 0 aliphatic heterocycles. The Labute approximate surface area is 92.5 Å². The zero-order valence-electron chi connectivity index (χ0n) is 8.75. The van der Waals surface area contributed by atoms with Crippen molar-refractivity contribution in [2.75, 3.05) is 7.11 Å². The van der Waals surface area contributed by atoms with E-state index in [1.54, 1.807) is 6.20 Å². The van der Waals surface area contributed by atoms with Crippen LogP contribution in [0.5, 0.6) is 0 Å². The molecule has 1 unspecified atom stereocenters. The molecule has 16 heavy (non-hydrogen) atoms. The average molecular weight is 217 g/mol. The Hall–Kier alpha value is -1.94. The second-order valence-electron chi connectivity index (χ2n) is 3.40. The first-order valence-electron chi connectivity index (χ1n) is 4.82. The van der Waals surface area contributed by atoms with Gasteiger partial charge in [-0.1, -0.05) is 24.3 Å². The van der Waals surface area contributed by atoms with Gasteiger partial charge in [-0.05, 0) is 5.39 Å². The van der Waals surface area contributed by atoms with Crippen molar-refractivity contribution in [2.24, 2.45) is 0 Å². The molecule has 0 radical (unpaired) electrons. The summed E-state index contributed by atoms with van der Waals surface area (Å²) in [7, 11) is 1.38. The summed E-state index contributed by atoms with van der Waals surface area (Å²) in [5, 5.41) is 10.8. The molecule has 1 aromatic heterocycles. The largest absolute Gasteiger partial charge is 0.479 e. The van der Waals surface area contributed by atoms with E-state index in [1.165, 1.54) is 13.3 Å². The number of carboxylic acids is 1. The molecule has 82 valence electrons. The number of fused-ring (bicyclic) bond motifs is 1. The third-order valence-corrected chi connectivity index (χ3v) is 2.44. The van der Waals surface area contributed by atoms with Crippen molar-refractivity contribution < 1.29 is 14.6 Å². The van der Waals surface area contributed by atoms with Gasteiger partial charge in [0.2, 0.25) is 0 Å². The number of pyridine rings is 1. The van der Waals surface area contributed by atoms with Gasteiger partial charge in [-0.25, -0.2) is 4.79 Å². The SMILES string of the molecule is COC(C(=O)O)c1cncc2ccccc12. The van der Waals surface area contributed by atoms with Gasteiger partial charge in [0.15, 0.2) is 6.10 Å². The molecule has 1 N–H and O–H groups in total. The summed E-state index contributed by atoms with van der Waals surface area (Å²) >= 11 is 0. The number of nitrogens with zero attached hydrogens (tertiary/aromatic N) is 1. The minimum atomic E-state index is -1.01. The summed E-state index contributed by atoms with van der Waals surface area (Å²) in [6.07, 6.45) is 2.26. The van der Waals surface area contributed by atoms with Gasteiger partial charge in [0.1, 0.15) is 0 Å². The Morgan fingerprint density at radius 2 is 2.12 bits per heavy atom. The quantitative estimate of drug-likeness (QED) is 0.854. The van der Waals surface area contributed by atoms with E-state index in [0.717, 1.165) is 10.8 Å². The number of rotatable bonds is 3. The van der Waals surface area contributed by atoms with Crippen LogP contribution in [0.3, 0.4) is 0 Å². The summed E-state index contributed by atoms with van der Waals surface area (Å²) in [4.78, 5) is 15.0. The van der Waals surface area contributed by atoms with Crippen molar-refractivity contribution in [2.45, 2.75) is 6.10 Å². The molecule has 0 fully saturated rings. The van der Waals surface area contributed by atoms with E-state index in [2.05, 4.69) is 4.98 Å². The van der Waals surface area contributed by atoms with Gasteiger partial charge >= 0.3 is 5.97 Å². The Kier molecular flexibility index (Phi) is 2.83. The van der Waals surface area contributed by atoms with Crippen molar-refractivity contribution in [1.82, 2.24) is 4.98 Å². The topological polar surface area (TPSA) is 59.4 Å². The highest BCUT2D eigenvalue weighted by Crippen LogP contribution is 2.25. The Morgan fingerprint density at radius 3 is 2.81 bits per heavy atom. The number of benzene rings is 1. The molecule has 4 nitrogen and oxygen atoms in total. The fraction of sp³-hybridized carbons (Fsp3) is 0.167. The van der Waals surface area contributed by atoms with Crippen LogP contribution in [0.2, 0.25) is 0 Å². The fourth-order valence-electron chi connectivity index (χ4n) is 1.71. The predicted molar refractivity (Wildman–Crippen MR) is 59.1 cm³/mol. The molecule has 4 heteroatoms. The third-order valence-electron chi connectivity index (χ3n) is 2.44. The molecular formula is C12H11NO3. The molecule has 1 atom stereocenters. The maximum absolute atomic E-state index is 11.0. The van der Waals surface area contributed by atoms with Crippen LogP contribution in [-0.4, -0.2) is 23.2 Å². The molecule has 0 saturated carbocycles. The van der Waals surface area contributed by atoms with Crippen LogP contribution in [0.15, 0.2) is 36.7 Å². The summed E-state index contributed by atoms with van der Waals surface area (Å²) in [5.41, 5.74) is 0.577. The van der Waals surface area contributed by atoms with E-state index in [4.69, 9.17) is 9.84 Å². The number of aromatic nitrogens is 1. The van der Waals surface area contributed by atoms with Crippen molar-refractivity contribution in [3.8, 4) is 0 Å². The Bertz CT molecular complexity index is 519. The standard InChI is InChI=1S/C12H11NO3/c1-16-11(12(14)15)10-7-13-6-8-4-2-3-5-9(8)10/h2-7,11H,1H3,(H,14,15). The van der Waals surface area contributed by atoms with Crippen LogP contribution >= 0.6 is 0 Å². The molecule has 0 aliphatic carbocycles. The van der Waals surface area contributed by atoms with Gasteiger partial charge in [-0.2, -0.15) is 0 Å². The van der Waals surface area contributed by atoms with Gasteiger partial charge in [0.05, 0.1) is 0 Å². The van der Waals surface area contributed by atoms with E-state index < -0.39 is 12.1 Å². The zero-order valence-corrected chi connectivity index (χ0v) is 8.75. The second-order valence-corrected chi connectivity index (χ2v) is 3.40. The highest BCUT2D eigenvalue weighted by molar-refractivity contribution is 5.89. The monoisotopic (exact) mass is 217 g/mol. The minimum Gasteiger partial charge on any atom is -0.479 e. The second kappa shape index (κ2) is 4.28. The van der Waals surface area contributed by atoms with Gasteiger partial charge in [0.25, 0.3) is 0 Å². The molecule has 0 saturated heterocycles. The van der Waals surface area contributed by atoms with E-state index in [9.17, 15) is 4.79 Å². The van der Waals surface area contributed by atoms with Crippen LogP contribution < -0.4 is 0 Å². The molecule has 2 aromatic rings. The first kappa shape index (κ1) is 10.6. The smallest absolute Gasteiger partial charge is 0.337 e. The first-order chi connectivity index (χ1) is 7.74. The maximum Gasteiger partial charge on any atom is 0.337 e. The summed E-state index contributed by atoms with van der Waals surface area (Å²) < 4.78 is 4.97. The lowest BCUT2D eigenvalue weighted by atomic mass is 10.0. The van der Waals surface area contributed by atoms with E-state index in [-0.39, 0.29) is 0 Å². The minimum absolute atomic E-state index is 0.577. The Balaban J connectivity index is 2.63. The summed E-state index contributed by atoms with van der Waals surface area (Å²) in [5.74, 6) is -1.01.